The van der Waals surface area contributed by atoms with Crippen LogP contribution in [0.3, 0.4) is 0 Å². The van der Waals surface area contributed by atoms with Gasteiger partial charge in [0.1, 0.15) is 11.5 Å². The zero-order chi connectivity index (χ0) is 47.5. The van der Waals surface area contributed by atoms with Gasteiger partial charge >= 0.3 is 0 Å². The molecule has 0 bridgehead atoms. The molecule has 6 rings (SSSR count). The largest absolute Gasteiger partial charge is 0.494 e. The van der Waals surface area contributed by atoms with Crippen molar-refractivity contribution in [3.05, 3.63) is 119 Å². The summed E-state index contributed by atoms with van der Waals surface area (Å²) < 4.78 is 54.1. The molecule has 6 aromatic rings. The second kappa shape index (κ2) is 23.2. The van der Waals surface area contributed by atoms with Gasteiger partial charge in [-0.25, -0.2) is 4.21 Å². The first-order chi connectivity index (χ1) is 31.8. The Hall–Kier alpha value is -5.69. The molecule has 0 saturated heterocycles. The zero-order valence-corrected chi connectivity index (χ0v) is 42.0. The van der Waals surface area contributed by atoms with Crippen LogP contribution in [-0.2, 0) is 37.7 Å². The molecular weight excluding hydrogens is 849 g/mol. The van der Waals surface area contributed by atoms with E-state index in [2.05, 4.69) is 111 Å². The summed E-state index contributed by atoms with van der Waals surface area (Å²) in [5.74, 6) is 4.47. The van der Waals surface area contributed by atoms with Crippen LogP contribution in [-0.4, -0.2) is 105 Å². The molecule has 0 spiro atoms. The molecular formula is C54H70N4O7S. The third-order valence-electron chi connectivity index (χ3n) is 12.8. The van der Waals surface area contributed by atoms with E-state index in [0.717, 1.165) is 141 Å². The Kier molecular flexibility index (Phi) is 17.5. The van der Waals surface area contributed by atoms with Crippen LogP contribution in [0.25, 0.3) is 22.3 Å². The molecule has 0 fully saturated rings. The lowest BCUT2D eigenvalue weighted by molar-refractivity contribution is 0.264. The number of aromatic nitrogens is 2. The van der Waals surface area contributed by atoms with Gasteiger partial charge in [-0.2, -0.15) is 0 Å². The highest BCUT2D eigenvalue weighted by molar-refractivity contribution is 7.85. The fraction of sp³-hybridized carbons (Fsp3) is 0.407. The second-order valence-electron chi connectivity index (χ2n) is 17.2. The number of ether oxygens (including phenoxy) is 6. The van der Waals surface area contributed by atoms with E-state index in [1.807, 2.05) is 48.5 Å². The van der Waals surface area contributed by atoms with Crippen LogP contribution in [0.2, 0.25) is 0 Å². The average molecular weight is 919 g/mol. The molecule has 0 atom stereocenters. The summed E-state index contributed by atoms with van der Waals surface area (Å²) in [6.07, 6.45) is 3.52. The van der Waals surface area contributed by atoms with Gasteiger partial charge in [0, 0.05) is 85.3 Å². The summed E-state index contributed by atoms with van der Waals surface area (Å²) >= 11 is 0. The molecule has 4 aromatic carbocycles. The molecule has 11 nitrogen and oxygen atoms in total. The highest BCUT2D eigenvalue weighted by atomic mass is 32.2. The Morgan fingerprint density at radius 2 is 0.879 bits per heavy atom. The van der Waals surface area contributed by atoms with E-state index in [1.54, 1.807) is 28.4 Å². The van der Waals surface area contributed by atoms with Crippen LogP contribution in [0, 0.1) is 27.7 Å². The van der Waals surface area contributed by atoms with Crippen LogP contribution in [0.15, 0.2) is 94.7 Å². The topological polar surface area (TPSA) is 88.8 Å². The monoisotopic (exact) mass is 918 g/mol. The highest BCUT2D eigenvalue weighted by Gasteiger charge is 2.23. The van der Waals surface area contributed by atoms with Crippen molar-refractivity contribution in [1.82, 2.24) is 18.9 Å². The van der Waals surface area contributed by atoms with Gasteiger partial charge in [0.2, 0.25) is 0 Å². The molecule has 66 heavy (non-hydrogen) atoms. The maximum atomic E-state index is 15.2. The fourth-order valence-electron chi connectivity index (χ4n) is 8.30. The minimum absolute atomic E-state index is 0.559. The first kappa shape index (κ1) is 49.7. The lowest BCUT2D eigenvalue weighted by atomic mass is 10.1. The maximum Gasteiger partial charge on any atom is 0.160 e. The smallest absolute Gasteiger partial charge is 0.160 e. The molecule has 2 aromatic heterocycles. The first-order valence-corrected chi connectivity index (χ1v) is 23.9. The van der Waals surface area contributed by atoms with Crippen molar-refractivity contribution in [3.63, 3.8) is 0 Å². The third-order valence-corrected chi connectivity index (χ3v) is 14.3. The Morgan fingerprint density at radius 3 is 1.23 bits per heavy atom. The van der Waals surface area contributed by atoms with Gasteiger partial charge in [-0.1, -0.05) is 12.1 Å². The molecule has 0 saturated carbocycles. The molecule has 0 radical (unpaired) electrons. The van der Waals surface area contributed by atoms with Gasteiger partial charge in [-0.15, -0.1) is 0 Å². The molecule has 0 unspecified atom stereocenters. The maximum absolute atomic E-state index is 15.2. The van der Waals surface area contributed by atoms with Crippen LogP contribution >= 0.6 is 0 Å². The van der Waals surface area contributed by atoms with Crippen LogP contribution in [0.1, 0.15) is 46.7 Å². The van der Waals surface area contributed by atoms with E-state index in [1.165, 1.54) is 11.1 Å². The van der Waals surface area contributed by atoms with E-state index in [4.69, 9.17) is 28.4 Å². The minimum Gasteiger partial charge on any atom is -0.494 e. The van der Waals surface area contributed by atoms with E-state index in [-0.39, 0.29) is 0 Å². The summed E-state index contributed by atoms with van der Waals surface area (Å²) in [7, 11) is 13.5. The Labute approximate surface area is 395 Å². The third kappa shape index (κ3) is 12.0. The molecule has 0 aliphatic heterocycles. The normalized spacial score (nSPS) is 11.5. The lowest BCUT2D eigenvalue weighted by Crippen LogP contribution is -2.23. The minimum atomic E-state index is -1.54. The number of nitrogens with zero attached hydrogens (tertiary/aromatic N) is 4. The van der Waals surface area contributed by atoms with E-state index in [0.29, 0.717) is 13.2 Å². The molecule has 2 heterocycles. The van der Waals surface area contributed by atoms with Crippen molar-refractivity contribution >= 4 is 10.8 Å². The second-order valence-corrected chi connectivity index (χ2v) is 18.6. The Bertz CT molecular complexity index is 2420. The Morgan fingerprint density at radius 1 is 0.485 bits per heavy atom. The van der Waals surface area contributed by atoms with Crippen LogP contribution in [0.5, 0.6) is 34.5 Å². The van der Waals surface area contributed by atoms with Gasteiger partial charge in [0.25, 0.3) is 0 Å². The predicted molar refractivity (Wildman–Crippen MR) is 267 cm³/mol. The molecule has 0 amide bonds. The summed E-state index contributed by atoms with van der Waals surface area (Å²) in [4.78, 5) is 6.12. The summed E-state index contributed by atoms with van der Waals surface area (Å²) in [5, 5.41) is 0. The van der Waals surface area contributed by atoms with Crippen molar-refractivity contribution in [3.8, 4) is 56.8 Å². The number of hydrogen-bond acceptors (Lipinski definition) is 9. The SMILES string of the molecule is COc1ccc(CCN(C)CCCOc2ccc(S(=O)c3ccc(OCCCN(C)CCc4ccc(OC)c(OC)c4)cc3-c3cc(C)n(C)c3C)c(-c3cc(C)n(C)c3C)c2)cc1OC. The molecule has 0 N–H and O–H groups in total. The number of aryl methyl sites for hydroxylation is 2. The summed E-state index contributed by atoms with van der Waals surface area (Å²) in [6, 6.07) is 28.6. The fourth-order valence-corrected chi connectivity index (χ4v) is 9.66. The van der Waals surface area contributed by atoms with Crippen molar-refractivity contribution in [2.75, 3.05) is 81.9 Å². The molecule has 0 aliphatic carbocycles. The van der Waals surface area contributed by atoms with E-state index < -0.39 is 10.8 Å². The van der Waals surface area contributed by atoms with Crippen LogP contribution < -0.4 is 28.4 Å². The lowest BCUT2D eigenvalue weighted by Gasteiger charge is -2.19. The van der Waals surface area contributed by atoms with Crippen molar-refractivity contribution < 1.29 is 32.6 Å². The number of rotatable bonds is 24. The number of methoxy groups -OCH3 is 4. The highest BCUT2D eigenvalue weighted by Crippen LogP contribution is 2.40. The number of benzene rings is 4. The standard InChI is InChI=1S/C54H70N4O7S/c1-37-31-45(39(3)57(37)7)47-35-43(64-29-13-25-55(5)27-23-41-15-19-49(60-9)51(33-41)62-11)17-21-53(47)66(59)54-22-18-44(36-48(54)46-32-38(2)58(8)40(46)4)65-30-14-26-56(6)28-24-42-16-20-50(61-10)52(34-42)63-12/h15-22,31-36H,13-14,23-30H2,1-12H3. The molecule has 0 aliphatic rings. The van der Waals surface area contributed by atoms with Gasteiger partial charge in [-0.3, -0.25) is 0 Å². The van der Waals surface area contributed by atoms with Crippen molar-refractivity contribution in [2.45, 2.75) is 63.2 Å². The molecule has 12 heteroatoms. The van der Waals surface area contributed by atoms with E-state index in [9.17, 15) is 0 Å². The zero-order valence-electron chi connectivity index (χ0n) is 41.2. The van der Waals surface area contributed by atoms with Crippen molar-refractivity contribution in [2.24, 2.45) is 14.1 Å². The van der Waals surface area contributed by atoms with Crippen LogP contribution in [0.4, 0.5) is 0 Å². The first-order valence-electron chi connectivity index (χ1n) is 22.8. The Balaban J connectivity index is 1.15. The summed E-state index contributed by atoms with van der Waals surface area (Å²) in [5.41, 5.74) is 10.8. The van der Waals surface area contributed by atoms with Crippen molar-refractivity contribution in [1.29, 1.82) is 0 Å². The van der Waals surface area contributed by atoms with Gasteiger partial charge in [0.05, 0.1) is 62.2 Å². The van der Waals surface area contributed by atoms with Gasteiger partial charge in [-0.05, 0) is 151 Å². The van der Waals surface area contributed by atoms with Gasteiger partial charge in [0.15, 0.2) is 23.0 Å². The number of hydrogen-bond donors (Lipinski definition) is 0. The average Bonchev–Trinajstić information content (AvgIpc) is 3.75. The van der Waals surface area contributed by atoms with E-state index >= 15 is 4.21 Å². The molecule has 354 valence electrons. The predicted octanol–water partition coefficient (Wildman–Crippen LogP) is 10.0. The van der Waals surface area contributed by atoms with Gasteiger partial charge < -0.3 is 47.4 Å². The number of likely N-dealkylation sites (N-methyl/N-ethyl adjacent to an activating group) is 2. The quantitative estimate of drug-likeness (QED) is 0.0551. The summed E-state index contributed by atoms with van der Waals surface area (Å²) in [6.45, 7) is 13.1.